The minimum Gasteiger partial charge on any atom is -0.494 e. The van der Waals surface area contributed by atoms with Crippen LogP contribution in [0.3, 0.4) is 0 Å². The fourth-order valence-electron chi connectivity index (χ4n) is 3.51. The van der Waals surface area contributed by atoms with E-state index in [0.717, 1.165) is 12.8 Å². The number of carbonyl (C=O) groups excluding carboxylic acids is 2. The third-order valence-electron chi connectivity index (χ3n) is 4.97. The zero-order valence-electron chi connectivity index (χ0n) is 16.2. The van der Waals surface area contributed by atoms with Crippen LogP contribution in [-0.2, 0) is 14.3 Å². The van der Waals surface area contributed by atoms with Crippen LogP contribution in [0.5, 0.6) is 5.75 Å². The number of rotatable bonds is 7. The minimum atomic E-state index is -0.539. The molecule has 0 radical (unpaired) electrons. The number of benzene rings is 1. The molecule has 1 aromatic carbocycles. The van der Waals surface area contributed by atoms with Gasteiger partial charge in [0.05, 0.1) is 12.2 Å². The maximum absolute atomic E-state index is 12.1. The van der Waals surface area contributed by atoms with Crippen LogP contribution >= 0.6 is 0 Å². The Morgan fingerprint density at radius 1 is 1.15 bits per heavy atom. The average Bonchev–Trinajstić information content (AvgIpc) is 2.60. The fraction of sp³-hybridized carbons (Fsp3) is 0.619. The monoisotopic (exact) mass is 362 g/mol. The van der Waals surface area contributed by atoms with Crippen LogP contribution in [0.4, 0.5) is 0 Å². The number of esters is 2. The molecule has 5 heteroatoms. The standard InChI is InChI=1S/C21H30O5/c1-5-24-17-9-7-16(8-10-17)21(23)25-13-20(22)26-19-12-15(4)6-11-18(19)14(2)3/h7-10,14-15,18-19H,5-6,11-13H2,1-4H3. The number of carbonyl (C=O) groups is 2. The molecule has 5 nitrogen and oxygen atoms in total. The van der Waals surface area contributed by atoms with Crippen molar-refractivity contribution < 1.29 is 23.8 Å². The molecule has 0 aromatic heterocycles. The number of ether oxygens (including phenoxy) is 3. The van der Waals surface area contributed by atoms with E-state index in [1.54, 1.807) is 24.3 Å². The van der Waals surface area contributed by atoms with Gasteiger partial charge in [-0.15, -0.1) is 0 Å². The van der Waals surface area contributed by atoms with Crippen molar-refractivity contribution >= 4 is 11.9 Å². The van der Waals surface area contributed by atoms with E-state index in [2.05, 4.69) is 20.8 Å². The summed E-state index contributed by atoms with van der Waals surface area (Å²) in [5.74, 6) is 1.06. The van der Waals surface area contributed by atoms with Crippen molar-refractivity contribution in [2.24, 2.45) is 17.8 Å². The minimum absolute atomic E-state index is 0.0876. The summed E-state index contributed by atoms with van der Waals surface area (Å²) in [5, 5.41) is 0. The second kappa shape index (κ2) is 9.60. The Morgan fingerprint density at radius 3 is 2.46 bits per heavy atom. The second-order valence-corrected chi connectivity index (χ2v) is 7.39. The van der Waals surface area contributed by atoms with Crippen LogP contribution in [0.2, 0.25) is 0 Å². The third kappa shape index (κ3) is 5.75. The van der Waals surface area contributed by atoms with Gasteiger partial charge in [-0.2, -0.15) is 0 Å². The molecular weight excluding hydrogens is 332 g/mol. The molecule has 1 aliphatic rings. The van der Waals surface area contributed by atoms with Crippen LogP contribution in [-0.4, -0.2) is 31.3 Å². The van der Waals surface area contributed by atoms with Crippen molar-refractivity contribution in [3.63, 3.8) is 0 Å². The van der Waals surface area contributed by atoms with Gasteiger partial charge < -0.3 is 14.2 Å². The van der Waals surface area contributed by atoms with Crippen LogP contribution in [0.25, 0.3) is 0 Å². The molecule has 3 unspecified atom stereocenters. The largest absolute Gasteiger partial charge is 0.494 e. The summed E-state index contributed by atoms with van der Waals surface area (Å²) < 4.78 is 16.1. The molecule has 0 bridgehead atoms. The van der Waals surface area contributed by atoms with Gasteiger partial charge in [-0.3, -0.25) is 0 Å². The predicted octanol–water partition coefficient (Wildman–Crippen LogP) is 4.25. The van der Waals surface area contributed by atoms with Crippen LogP contribution in [0, 0.1) is 17.8 Å². The fourth-order valence-corrected chi connectivity index (χ4v) is 3.51. The third-order valence-corrected chi connectivity index (χ3v) is 4.97. The van der Waals surface area contributed by atoms with E-state index in [1.807, 2.05) is 6.92 Å². The van der Waals surface area contributed by atoms with Crippen molar-refractivity contribution in [3.8, 4) is 5.75 Å². The predicted molar refractivity (Wildman–Crippen MR) is 99.1 cm³/mol. The highest BCUT2D eigenvalue weighted by atomic mass is 16.6. The molecule has 0 spiro atoms. The lowest BCUT2D eigenvalue weighted by Gasteiger charge is -2.36. The molecule has 26 heavy (non-hydrogen) atoms. The zero-order chi connectivity index (χ0) is 19.1. The van der Waals surface area contributed by atoms with Gasteiger partial charge in [-0.25, -0.2) is 9.59 Å². The van der Waals surface area contributed by atoms with Crippen LogP contribution in [0.15, 0.2) is 24.3 Å². The molecule has 0 saturated heterocycles. The summed E-state index contributed by atoms with van der Waals surface area (Å²) in [7, 11) is 0. The molecule has 144 valence electrons. The lowest BCUT2D eigenvalue weighted by atomic mass is 9.75. The van der Waals surface area contributed by atoms with Crippen LogP contribution in [0.1, 0.15) is 57.3 Å². The summed E-state index contributed by atoms with van der Waals surface area (Å²) in [4.78, 5) is 24.2. The van der Waals surface area contributed by atoms with E-state index < -0.39 is 11.9 Å². The molecule has 1 saturated carbocycles. The molecule has 1 aromatic rings. The van der Waals surface area contributed by atoms with Gasteiger partial charge in [-0.05, 0) is 61.8 Å². The van der Waals surface area contributed by atoms with Crippen LogP contribution < -0.4 is 4.74 Å². The number of hydrogen-bond donors (Lipinski definition) is 0. The van der Waals surface area contributed by atoms with Crippen molar-refractivity contribution in [2.75, 3.05) is 13.2 Å². The Kier molecular flexibility index (Phi) is 7.49. The SMILES string of the molecule is CCOc1ccc(C(=O)OCC(=O)OC2CC(C)CCC2C(C)C)cc1. The lowest BCUT2D eigenvalue weighted by Crippen LogP contribution is -2.36. The first-order valence-electron chi connectivity index (χ1n) is 9.50. The molecule has 0 aliphatic heterocycles. The summed E-state index contributed by atoms with van der Waals surface area (Å²) in [6, 6.07) is 6.65. The van der Waals surface area contributed by atoms with Gasteiger partial charge in [0.2, 0.25) is 0 Å². The Hall–Kier alpha value is -2.04. The molecule has 0 heterocycles. The summed E-state index contributed by atoms with van der Waals surface area (Å²) in [6.45, 7) is 8.60. The first kappa shape index (κ1) is 20.3. The van der Waals surface area contributed by atoms with E-state index in [1.165, 1.54) is 6.42 Å². The van der Waals surface area contributed by atoms with Gasteiger partial charge in [-0.1, -0.05) is 27.2 Å². The highest BCUT2D eigenvalue weighted by molar-refractivity contribution is 5.90. The first-order valence-corrected chi connectivity index (χ1v) is 9.50. The second-order valence-electron chi connectivity index (χ2n) is 7.39. The van der Waals surface area contributed by atoms with Gasteiger partial charge in [0.15, 0.2) is 6.61 Å². The Balaban J connectivity index is 1.84. The summed E-state index contributed by atoms with van der Waals surface area (Å²) in [6.07, 6.45) is 3.03. The van der Waals surface area contributed by atoms with Crippen molar-refractivity contribution in [2.45, 2.75) is 53.1 Å². The topological polar surface area (TPSA) is 61.8 Å². The molecule has 2 rings (SSSR count). The highest BCUT2D eigenvalue weighted by Gasteiger charge is 2.33. The summed E-state index contributed by atoms with van der Waals surface area (Å²) in [5.41, 5.74) is 0.382. The Morgan fingerprint density at radius 2 is 1.85 bits per heavy atom. The maximum Gasteiger partial charge on any atom is 0.344 e. The molecule has 3 atom stereocenters. The van der Waals surface area contributed by atoms with Gasteiger partial charge >= 0.3 is 11.9 Å². The van der Waals surface area contributed by atoms with Gasteiger partial charge in [0, 0.05) is 0 Å². The zero-order valence-corrected chi connectivity index (χ0v) is 16.2. The molecule has 0 N–H and O–H groups in total. The lowest BCUT2D eigenvalue weighted by molar-refractivity contribution is -0.159. The van der Waals surface area contributed by atoms with E-state index >= 15 is 0 Å². The van der Waals surface area contributed by atoms with E-state index in [-0.39, 0.29) is 12.7 Å². The highest BCUT2D eigenvalue weighted by Crippen LogP contribution is 2.35. The normalized spacial score (nSPS) is 22.7. The first-order chi connectivity index (χ1) is 12.4. The Labute approximate surface area is 156 Å². The molecule has 0 amide bonds. The van der Waals surface area contributed by atoms with E-state index in [4.69, 9.17) is 14.2 Å². The smallest absolute Gasteiger partial charge is 0.344 e. The molecular formula is C21H30O5. The van der Waals surface area contributed by atoms with Gasteiger partial charge in [0.25, 0.3) is 0 Å². The van der Waals surface area contributed by atoms with E-state index in [9.17, 15) is 9.59 Å². The average molecular weight is 362 g/mol. The summed E-state index contributed by atoms with van der Waals surface area (Å²) >= 11 is 0. The van der Waals surface area contributed by atoms with Crippen molar-refractivity contribution in [1.82, 2.24) is 0 Å². The Bertz CT molecular complexity index is 593. The molecule has 1 fully saturated rings. The van der Waals surface area contributed by atoms with Gasteiger partial charge in [0.1, 0.15) is 11.9 Å². The number of hydrogen-bond acceptors (Lipinski definition) is 5. The maximum atomic E-state index is 12.1. The molecule has 1 aliphatic carbocycles. The quantitative estimate of drug-likeness (QED) is 0.679. The van der Waals surface area contributed by atoms with Crippen molar-refractivity contribution in [1.29, 1.82) is 0 Å². The van der Waals surface area contributed by atoms with Crippen molar-refractivity contribution in [3.05, 3.63) is 29.8 Å². The van der Waals surface area contributed by atoms with E-state index in [0.29, 0.717) is 35.7 Å².